The molecule has 1 aliphatic heterocycles. The highest BCUT2D eigenvalue weighted by Gasteiger charge is 2.37. The van der Waals surface area contributed by atoms with E-state index in [1.165, 1.54) is 0 Å². The van der Waals surface area contributed by atoms with Crippen molar-refractivity contribution in [2.45, 2.75) is 46.6 Å². The number of nitrogens with zero attached hydrogens (tertiary/aromatic N) is 3. The maximum absolute atomic E-state index is 13.5. The molecule has 2 rings (SSSR count). The minimum atomic E-state index is -0.565. The van der Waals surface area contributed by atoms with Crippen LogP contribution in [-0.2, 0) is 20.9 Å². The quantitative estimate of drug-likeness (QED) is 0.473. The van der Waals surface area contributed by atoms with Crippen molar-refractivity contribution in [3.8, 4) is 5.75 Å². The van der Waals surface area contributed by atoms with Gasteiger partial charge in [-0.15, -0.1) is 0 Å². The van der Waals surface area contributed by atoms with Crippen LogP contribution in [0.5, 0.6) is 5.75 Å². The SMILES string of the molecule is CCN(CC)C(=O)C1=C(C)N(Cc2ccc(OC)cc2)C(=O)C(CC(=O)NCCCN(C)C)C1. The maximum Gasteiger partial charge on any atom is 0.251 e. The van der Waals surface area contributed by atoms with Crippen LogP contribution in [0.15, 0.2) is 35.5 Å². The number of carbonyl (C=O) groups excluding carboxylic acids is 3. The number of methoxy groups -OCH3 is 1. The molecular weight excluding hydrogens is 432 g/mol. The predicted octanol–water partition coefficient (Wildman–Crippen LogP) is 2.64. The normalized spacial score (nSPS) is 16.1. The van der Waals surface area contributed by atoms with Gasteiger partial charge in [0.2, 0.25) is 11.8 Å². The molecule has 0 radical (unpaired) electrons. The number of benzene rings is 1. The summed E-state index contributed by atoms with van der Waals surface area (Å²) in [6, 6.07) is 7.52. The molecule has 0 saturated carbocycles. The lowest BCUT2D eigenvalue weighted by molar-refractivity contribution is -0.139. The zero-order valence-corrected chi connectivity index (χ0v) is 21.5. The van der Waals surface area contributed by atoms with Gasteiger partial charge in [0.1, 0.15) is 5.75 Å². The van der Waals surface area contributed by atoms with Crippen LogP contribution in [0.4, 0.5) is 0 Å². The smallest absolute Gasteiger partial charge is 0.251 e. The zero-order chi connectivity index (χ0) is 25.3. The second-order valence-corrected chi connectivity index (χ2v) is 8.93. The summed E-state index contributed by atoms with van der Waals surface area (Å²) in [5, 5.41) is 2.92. The van der Waals surface area contributed by atoms with E-state index in [-0.39, 0.29) is 30.6 Å². The highest BCUT2D eigenvalue weighted by Crippen LogP contribution is 2.32. The van der Waals surface area contributed by atoms with Crippen molar-refractivity contribution in [2.75, 3.05) is 47.4 Å². The number of allylic oxidation sites excluding steroid dienone is 1. The van der Waals surface area contributed by atoms with Crippen molar-refractivity contribution in [3.05, 3.63) is 41.1 Å². The first-order chi connectivity index (χ1) is 16.2. The van der Waals surface area contributed by atoms with Crippen LogP contribution in [-0.4, -0.2) is 79.8 Å². The molecule has 3 amide bonds. The van der Waals surface area contributed by atoms with Crippen LogP contribution < -0.4 is 10.1 Å². The van der Waals surface area contributed by atoms with Crippen LogP contribution in [0, 0.1) is 5.92 Å². The van der Waals surface area contributed by atoms with E-state index in [0.717, 1.165) is 24.3 Å². The Kier molecular flexibility index (Phi) is 10.6. The Morgan fingerprint density at radius 1 is 1.15 bits per heavy atom. The van der Waals surface area contributed by atoms with Crippen LogP contribution in [0.3, 0.4) is 0 Å². The van der Waals surface area contributed by atoms with Gasteiger partial charge < -0.3 is 24.8 Å². The van der Waals surface area contributed by atoms with Crippen molar-refractivity contribution in [2.24, 2.45) is 5.92 Å². The van der Waals surface area contributed by atoms with Crippen LogP contribution in [0.25, 0.3) is 0 Å². The van der Waals surface area contributed by atoms with Crippen molar-refractivity contribution < 1.29 is 19.1 Å². The highest BCUT2D eigenvalue weighted by atomic mass is 16.5. The number of carbonyl (C=O) groups is 3. The molecule has 34 heavy (non-hydrogen) atoms. The number of nitrogens with one attached hydrogen (secondary N) is 1. The summed E-state index contributed by atoms with van der Waals surface area (Å²) in [7, 11) is 5.59. The van der Waals surface area contributed by atoms with Crippen LogP contribution >= 0.6 is 0 Å². The van der Waals surface area contributed by atoms with Crippen LogP contribution in [0.2, 0.25) is 0 Å². The molecule has 0 spiro atoms. The first-order valence-corrected chi connectivity index (χ1v) is 12.1. The molecule has 1 aromatic carbocycles. The lowest BCUT2D eigenvalue weighted by atomic mass is 9.88. The first kappa shape index (κ1) is 27.4. The van der Waals surface area contributed by atoms with Gasteiger partial charge in [-0.3, -0.25) is 14.4 Å². The van der Waals surface area contributed by atoms with Crippen molar-refractivity contribution in [1.82, 2.24) is 20.0 Å². The second-order valence-electron chi connectivity index (χ2n) is 8.93. The van der Waals surface area contributed by atoms with Gasteiger partial charge >= 0.3 is 0 Å². The number of likely N-dealkylation sites (N-methyl/N-ethyl adjacent to an activating group) is 1. The Labute approximate surface area is 203 Å². The summed E-state index contributed by atoms with van der Waals surface area (Å²) in [6.45, 7) is 8.68. The highest BCUT2D eigenvalue weighted by molar-refractivity contribution is 5.98. The fourth-order valence-electron chi connectivity index (χ4n) is 4.16. The summed E-state index contributed by atoms with van der Waals surface area (Å²) in [6.07, 6.45) is 1.19. The standard InChI is InChI=1S/C26H40N4O4/c1-7-29(8-2)26(33)23-16-21(17-24(31)27-14-9-15-28(4)5)25(32)30(19(23)3)18-20-10-12-22(34-6)13-11-20/h10-13,21H,7-9,14-18H2,1-6H3,(H,27,31). The summed E-state index contributed by atoms with van der Waals surface area (Å²) in [5.41, 5.74) is 2.21. The molecule has 1 aliphatic rings. The molecule has 1 atom stereocenters. The number of ether oxygens (including phenoxy) is 1. The first-order valence-electron chi connectivity index (χ1n) is 12.1. The molecule has 0 aromatic heterocycles. The van der Waals surface area contributed by atoms with Crippen molar-refractivity contribution >= 4 is 17.7 Å². The molecule has 1 aromatic rings. The molecule has 0 fully saturated rings. The summed E-state index contributed by atoms with van der Waals surface area (Å²) >= 11 is 0. The monoisotopic (exact) mass is 472 g/mol. The zero-order valence-electron chi connectivity index (χ0n) is 21.5. The lowest BCUT2D eigenvalue weighted by Gasteiger charge is -2.36. The number of hydrogen-bond donors (Lipinski definition) is 1. The number of rotatable bonds is 12. The molecule has 188 valence electrons. The Morgan fingerprint density at radius 2 is 1.79 bits per heavy atom. The third-order valence-electron chi connectivity index (χ3n) is 6.25. The molecule has 0 saturated heterocycles. The molecular formula is C26H40N4O4. The minimum Gasteiger partial charge on any atom is -0.497 e. The summed E-state index contributed by atoms with van der Waals surface area (Å²) < 4.78 is 5.23. The van der Waals surface area contributed by atoms with Gasteiger partial charge in [0.15, 0.2) is 0 Å². The number of amides is 3. The van der Waals surface area contributed by atoms with Gasteiger partial charge in [-0.25, -0.2) is 0 Å². The third kappa shape index (κ3) is 7.32. The van der Waals surface area contributed by atoms with Gasteiger partial charge in [-0.2, -0.15) is 0 Å². The van der Waals surface area contributed by atoms with Gasteiger partial charge in [-0.1, -0.05) is 12.1 Å². The topological polar surface area (TPSA) is 82.2 Å². The van der Waals surface area contributed by atoms with Gasteiger partial charge in [0, 0.05) is 37.3 Å². The fraction of sp³-hybridized carbons (Fsp3) is 0.577. The summed E-state index contributed by atoms with van der Waals surface area (Å²) in [4.78, 5) is 44.8. The Morgan fingerprint density at radius 3 is 2.35 bits per heavy atom. The average molecular weight is 473 g/mol. The molecule has 0 aliphatic carbocycles. The minimum absolute atomic E-state index is 0.0638. The predicted molar refractivity (Wildman–Crippen MR) is 133 cm³/mol. The van der Waals surface area contributed by atoms with E-state index in [2.05, 4.69) is 10.2 Å². The van der Waals surface area contributed by atoms with Gasteiger partial charge in [0.25, 0.3) is 5.91 Å². The van der Waals surface area contributed by atoms with Crippen LogP contribution in [0.1, 0.15) is 45.6 Å². The molecule has 8 nitrogen and oxygen atoms in total. The maximum atomic E-state index is 13.5. The largest absolute Gasteiger partial charge is 0.497 e. The fourth-order valence-corrected chi connectivity index (χ4v) is 4.16. The molecule has 0 bridgehead atoms. The number of hydrogen-bond acceptors (Lipinski definition) is 5. The van der Waals surface area contributed by atoms with E-state index in [9.17, 15) is 14.4 Å². The Bertz CT molecular complexity index is 875. The lowest BCUT2D eigenvalue weighted by Crippen LogP contribution is -2.44. The molecule has 1 unspecified atom stereocenters. The van der Waals surface area contributed by atoms with E-state index in [1.54, 1.807) is 16.9 Å². The third-order valence-corrected chi connectivity index (χ3v) is 6.25. The van der Waals surface area contributed by atoms with E-state index < -0.39 is 5.92 Å². The van der Waals surface area contributed by atoms with Crippen molar-refractivity contribution in [3.63, 3.8) is 0 Å². The van der Waals surface area contributed by atoms with Crippen molar-refractivity contribution in [1.29, 1.82) is 0 Å². The van der Waals surface area contributed by atoms with E-state index >= 15 is 0 Å². The van der Waals surface area contributed by atoms with E-state index in [0.29, 0.717) is 37.4 Å². The van der Waals surface area contributed by atoms with E-state index in [1.807, 2.05) is 59.1 Å². The molecule has 1 N–H and O–H groups in total. The Balaban J connectivity index is 2.24. The van der Waals surface area contributed by atoms with Gasteiger partial charge in [-0.05, 0) is 71.9 Å². The van der Waals surface area contributed by atoms with E-state index in [4.69, 9.17) is 4.74 Å². The molecule has 1 heterocycles. The average Bonchev–Trinajstić information content (AvgIpc) is 2.82. The molecule has 8 heteroatoms. The summed E-state index contributed by atoms with van der Waals surface area (Å²) in [5.74, 6) is -0.165. The second kappa shape index (κ2) is 13.1. The Hall–Kier alpha value is -2.87. The van der Waals surface area contributed by atoms with Gasteiger partial charge in [0.05, 0.1) is 19.6 Å².